The van der Waals surface area contributed by atoms with Gasteiger partial charge in [-0.3, -0.25) is 5.43 Å². The van der Waals surface area contributed by atoms with Crippen LogP contribution in [-0.4, -0.2) is 34.2 Å². The molecule has 136 valence electrons. The first-order valence-corrected chi connectivity index (χ1v) is 9.45. The second-order valence-corrected chi connectivity index (χ2v) is 7.02. The zero-order valence-corrected chi connectivity index (χ0v) is 16.2. The van der Waals surface area contributed by atoms with Crippen LogP contribution in [0.1, 0.15) is 39.8 Å². The van der Waals surface area contributed by atoms with E-state index in [1.165, 1.54) is 0 Å². The Labute approximate surface area is 157 Å². The highest BCUT2D eigenvalue weighted by Gasteiger charge is 2.26. The number of carbonyl (C=O) groups excluding carboxylic acids is 1. The number of benzene rings is 1. The maximum absolute atomic E-state index is 12.3. The largest absolute Gasteiger partial charge is 0.462 e. The Morgan fingerprint density at radius 2 is 2.12 bits per heavy atom. The van der Waals surface area contributed by atoms with Crippen molar-refractivity contribution in [3.8, 4) is 0 Å². The molecule has 1 aliphatic heterocycles. The number of esters is 1. The third-order valence-corrected chi connectivity index (χ3v) is 4.88. The first-order chi connectivity index (χ1) is 12.5. The first kappa shape index (κ1) is 18.3. The summed E-state index contributed by atoms with van der Waals surface area (Å²) in [6, 6.07) is 8.00. The van der Waals surface area contributed by atoms with Gasteiger partial charge < -0.3 is 9.72 Å². The molecule has 6 nitrogen and oxygen atoms in total. The van der Waals surface area contributed by atoms with E-state index in [9.17, 15) is 4.79 Å². The fourth-order valence-corrected chi connectivity index (χ4v) is 3.68. The molecule has 0 radical (unpaired) electrons. The zero-order valence-electron chi connectivity index (χ0n) is 15.3. The lowest BCUT2D eigenvalue weighted by Crippen LogP contribution is -2.26. The predicted octanol–water partition coefficient (Wildman–Crippen LogP) is 3.84. The number of aromatic nitrogens is 1. The average molecular weight is 370 g/mol. The van der Waals surface area contributed by atoms with Crippen LogP contribution >= 0.6 is 11.8 Å². The second-order valence-electron chi connectivity index (χ2n) is 6.06. The monoisotopic (exact) mass is 370 g/mol. The molecular weight excluding hydrogens is 348 g/mol. The molecule has 0 amide bonds. The first-order valence-electron chi connectivity index (χ1n) is 8.47. The van der Waals surface area contributed by atoms with Crippen molar-refractivity contribution >= 4 is 34.3 Å². The van der Waals surface area contributed by atoms with Gasteiger partial charge in [0.1, 0.15) is 0 Å². The van der Waals surface area contributed by atoms with Gasteiger partial charge in [0.2, 0.25) is 0 Å². The maximum Gasteiger partial charge on any atom is 0.340 e. The van der Waals surface area contributed by atoms with Crippen LogP contribution in [0, 0.1) is 20.8 Å². The number of H-pyrrole nitrogens is 1. The molecule has 1 aromatic carbocycles. The van der Waals surface area contributed by atoms with Crippen LogP contribution in [0.15, 0.2) is 34.4 Å². The van der Waals surface area contributed by atoms with E-state index in [0.717, 1.165) is 39.1 Å². The van der Waals surface area contributed by atoms with E-state index in [1.54, 1.807) is 18.7 Å². The van der Waals surface area contributed by atoms with Crippen LogP contribution in [-0.2, 0) is 4.74 Å². The molecule has 0 spiro atoms. The number of hydrogen-bond donors (Lipinski definition) is 2. The van der Waals surface area contributed by atoms with Gasteiger partial charge in [-0.15, -0.1) is 0 Å². The van der Waals surface area contributed by atoms with E-state index >= 15 is 0 Å². The zero-order chi connectivity index (χ0) is 18.7. The molecule has 0 bridgehead atoms. The number of aliphatic imine (C=N–C) groups is 1. The molecule has 0 unspecified atom stereocenters. The third kappa shape index (κ3) is 3.83. The molecule has 0 aliphatic carbocycles. The summed E-state index contributed by atoms with van der Waals surface area (Å²) in [6.45, 7) is 7.99. The third-order valence-electron chi connectivity index (χ3n) is 4.01. The molecule has 2 N–H and O–H groups in total. The summed E-state index contributed by atoms with van der Waals surface area (Å²) in [4.78, 5) is 20.1. The fraction of sp³-hybridized carbons (Fsp3) is 0.316. The predicted molar refractivity (Wildman–Crippen MR) is 107 cm³/mol. The van der Waals surface area contributed by atoms with Crippen molar-refractivity contribution in [2.45, 2.75) is 27.7 Å². The molecule has 0 saturated heterocycles. The Bertz CT molecular complexity index is 899. The number of thioether (sulfide) groups is 1. The molecule has 3 rings (SSSR count). The number of carbonyl (C=O) groups is 1. The van der Waals surface area contributed by atoms with E-state index in [1.807, 2.05) is 45.0 Å². The molecule has 1 aliphatic rings. The van der Waals surface area contributed by atoms with E-state index in [4.69, 9.17) is 4.74 Å². The van der Waals surface area contributed by atoms with E-state index in [-0.39, 0.29) is 5.97 Å². The van der Waals surface area contributed by atoms with Crippen LogP contribution in [0.2, 0.25) is 0 Å². The van der Waals surface area contributed by atoms with Gasteiger partial charge in [-0.25, -0.2) is 9.79 Å². The highest BCUT2D eigenvalue weighted by Crippen LogP contribution is 2.25. The van der Waals surface area contributed by atoms with Gasteiger partial charge in [-0.1, -0.05) is 23.9 Å². The lowest BCUT2D eigenvalue weighted by atomic mass is 10.1. The summed E-state index contributed by atoms with van der Waals surface area (Å²) in [5.74, 6) is 0.304. The van der Waals surface area contributed by atoms with Crippen LogP contribution in [0.3, 0.4) is 0 Å². The van der Waals surface area contributed by atoms with Crippen molar-refractivity contribution in [3.63, 3.8) is 0 Å². The van der Waals surface area contributed by atoms with Gasteiger partial charge in [0.15, 0.2) is 5.17 Å². The van der Waals surface area contributed by atoms with Crippen molar-refractivity contribution in [2.24, 2.45) is 10.1 Å². The number of amidine groups is 1. The fourth-order valence-electron chi connectivity index (χ4n) is 2.92. The van der Waals surface area contributed by atoms with Crippen LogP contribution in [0.25, 0.3) is 0 Å². The number of rotatable bonds is 4. The molecule has 2 aromatic rings. The Morgan fingerprint density at radius 1 is 1.31 bits per heavy atom. The van der Waals surface area contributed by atoms with Crippen LogP contribution in [0.4, 0.5) is 5.69 Å². The minimum absolute atomic E-state index is 0.323. The highest BCUT2D eigenvalue weighted by atomic mass is 32.2. The number of aryl methyl sites for hydroxylation is 3. The lowest BCUT2D eigenvalue weighted by Gasteiger charge is -2.16. The maximum atomic E-state index is 12.3. The SMILES string of the molecule is CCOC(=O)c1c(C)[nH]c(C)c1C1=NNC(=Nc2cccc(C)c2)SC1. The summed E-state index contributed by atoms with van der Waals surface area (Å²) in [7, 11) is 0. The number of hydrazone groups is 1. The van der Waals surface area contributed by atoms with Gasteiger partial charge in [-0.05, 0) is 45.4 Å². The average Bonchev–Trinajstić information content (AvgIpc) is 2.90. The highest BCUT2D eigenvalue weighted by molar-refractivity contribution is 8.14. The Kier molecular flexibility index (Phi) is 5.46. The summed E-state index contributed by atoms with van der Waals surface area (Å²) in [5.41, 5.74) is 8.94. The Balaban J connectivity index is 1.87. The normalized spacial score (nSPS) is 15.5. The van der Waals surface area contributed by atoms with Gasteiger partial charge in [0.05, 0.1) is 23.6 Å². The van der Waals surface area contributed by atoms with Crippen molar-refractivity contribution in [2.75, 3.05) is 12.4 Å². The van der Waals surface area contributed by atoms with Gasteiger partial charge in [-0.2, -0.15) is 5.10 Å². The van der Waals surface area contributed by atoms with Crippen molar-refractivity contribution in [1.82, 2.24) is 10.4 Å². The van der Waals surface area contributed by atoms with Gasteiger partial charge in [0, 0.05) is 22.7 Å². The van der Waals surface area contributed by atoms with Crippen molar-refractivity contribution in [3.05, 3.63) is 52.3 Å². The molecule has 0 saturated carbocycles. The molecule has 2 heterocycles. The summed E-state index contributed by atoms with van der Waals surface area (Å²) in [6.07, 6.45) is 0. The quantitative estimate of drug-likeness (QED) is 0.802. The molecule has 26 heavy (non-hydrogen) atoms. The minimum Gasteiger partial charge on any atom is -0.462 e. The Morgan fingerprint density at radius 3 is 2.77 bits per heavy atom. The number of aromatic amines is 1. The Hall–Kier alpha value is -2.54. The van der Waals surface area contributed by atoms with Crippen LogP contribution < -0.4 is 5.43 Å². The lowest BCUT2D eigenvalue weighted by molar-refractivity contribution is 0.0525. The number of nitrogens with zero attached hydrogens (tertiary/aromatic N) is 2. The summed E-state index contributed by atoms with van der Waals surface area (Å²) < 4.78 is 5.20. The van der Waals surface area contributed by atoms with Gasteiger partial charge in [0.25, 0.3) is 0 Å². The topological polar surface area (TPSA) is 78.8 Å². The summed E-state index contributed by atoms with van der Waals surface area (Å²) >= 11 is 1.56. The number of hydrogen-bond acceptors (Lipinski definition) is 5. The number of nitrogens with one attached hydrogen (secondary N) is 2. The van der Waals surface area contributed by atoms with E-state index in [2.05, 4.69) is 20.5 Å². The van der Waals surface area contributed by atoms with Crippen molar-refractivity contribution < 1.29 is 9.53 Å². The molecular formula is C19H22N4O2S. The van der Waals surface area contributed by atoms with Crippen LogP contribution in [0.5, 0.6) is 0 Å². The molecule has 0 fully saturated rings. The molecule has 1 aromatic heterocycles. The molecule has 7 heteroatoms. The minimum atomic E-state index is -0.323. The van der Waals surface area contributed by atoms with E-state index in [0.29, 0.717) is 17.9 Å². The standard InChI is InChI=1S/C19H22N4O2S/c1-5-25-18(24)17-13(4)20-12(3)16(17)15-10-26-19(23-22-15)21-14-8-6-7-11(2)9-14/h6-9,20H,5,10H2,1-4H3,(H,21,23). The number of ether oxygens (including phenoxy) is 1. The molecule has 0 atom stereocenters. The second kappa shape index (κ2) is 7.78. The van der Waals surface area contributed by atoms with Crippen molar-refractivity contribution in [1.29, 1.82) is 0 Å². The van der Waals surface area contributed by atoms with E-state index < -0.39 is 0 Å². The summed E-state index contributed by atoms with van der Waals surface area (Å²) in [5, 5.41) is 5.20. The van der Waals surface area contributed by atoms with Gasteiger partial charge >= 0.3 is 5.97 Å². The smallest absolute Gasteiger partial charge is 0.340 e.